The third kappa shape index (κ3) is 3.41. The molecule has 0 saturated carbocycles. The van der Waals surface area contributed by atoms with Gasteiger partial charge in [0.05, 0.1) is 6.54 Å². The van der Waals surface area contributed by atoms with Crippen LogP contribution in [0.15, 0.2) is 17.5 Å². The van der Waals surface area contributed by atoms with Crippen molar-refractivity contribution in [1.29, 1.82) is 0 Å². The van der Waals surface area contributed by atoms with E-state index in [4.69, 9.17) is 11.5 Å². The molecule has 4 N–H and O–H groups in total. The fourth-order valence-electron chi connectivity index (χ4n) is 1.43. The van der Waals surface area contributed by atoms with Crippen molar-refractivity contribution in [2.75, 3.05) is 11.9 Å². The minimum atomic E-state index is -0.110. The molecule has 0 aliphatic heterocycles. The van der Waals surface area contributed by atoms with E-state index in [9.17, 15) is 4.79 Å². The van der Waals surface area contributed by atoms with Crippen LogP contribution in [-0.4, -0.2) is 28.9 Å². The second-order valence-electron chi connectivity index (χ2n) is 4.16. The molecule has 0 bridgehead atoms. The molecule has 0 radical (unpaired) electrons. The second-order valence-corrected chi connectivity index (χ2v) is 4.16. The molecule has 1 heterocycles. The fourth-order valence-corrected chi connectivity index (χ4v) is 1.43. The molecule has 1 aromatic rings. The molecule has 1 aromatic heterocycles. The molecule has 0 unspecified atom stereocenters. The lowest BCUT2D eigenvalue weighted by molar-refractivity contribution is -0.121. The molecule has 1 rings (SSSR count). The van der Waals surface area contributed by atoms with Gasteiger partial charge in [-0.3, -0.25) is 9.69 Å². The Morgan fingerprint density at radius 2 is 2.17 bits per heavy atom. The standard InChI is InChI=1S/C11H18N6O/c1-7(2)10(18)17(3)9-8(4-14-6-16-9)5-15-11(12)13/h4,6-7H,5H2,1-3H3,(H4,12,13,15). The minimum absolute atomic E-state index is 0.0114. The quantitative estimate of drug-likeness (QED) is 0.571. The first kappa shape index (κ1) is 13.9. The summed E-state index contributed by atoms with van der Waals surface area (Å²) in [5, 5.41) is 0. The van der Waals surface area contributed by atoms with Crippen LogP contribution in [0, 0.1) is 5.92 Å². The van der Waals surface area contributed by atoms with Crippen molar-refractivity contribution in [3.63, 3.8) is 0 Å². The number of nitrogens with zero attached hydrogens (tertiary/aromatic N) is 4. The number of hydrogen-bond donors (Lipinski definition) is 2. The maximum absolute atomic E-state index is 11.9. The zero-order valence-corrected chi connectivity index (χ0v) is 10.8. The van der Waals surface area contributed by atoms with E-state index in [1.165, 1.54) is 11.2 Å². The predicted molar refractivity (Wildman–Crippen MR) is 69.8 cm³/mol. The van der Waals surface area contributed by atoms with Crippen molar-refractivity contribution in [1.82, 2.24) is 9.97 Å². The van der Waals surface area contributed by atoms with Crippen LogP contribution in [-0.2, 0) is 11.3 Å². The summed E-state index contributed by atoms with van der Waals surface area (Å²) in [5.41, 5.74) is 11.3. The van der Waals surface area contributed by atoms with E-state index in [1.807, 2.05) is 13.8 Å². The number of carbonyl (C=O) groups is 1. The summed E-state index contributed by atoms with van der Waals surface area (Å²) in [7, 11) is 1.67. The Morgan fingerprint density at radius 1 is 1.50 bits per heavy atom. The lowest BCUT2D eigenvalue weighted by atomic mass is 10.2. The van der Waals surface area contributed by atoms with Gasteiger partial charge in [-0.25, -0.2) is 15.0 Å². The summed E-state index contributed by atoms with van der Waals surface area (Å²) in [5.74, 6) is 0.372. The molecular weight excluding hydrogens is 232 g/mol. The van der Waals surface area contributed by atoms with Crippen LogP contribution in [0.3, 0.4) is 0 Å². The molecule has 1 amide bonds. The summed E-state index contributed by atoms with van der Waals surface area (Å²) < 4.78 is 0. The Kier molecular flexibility index (Phi) is 4.59. The number of hydrogen-bond acceptors (Lipinski definition) is 4. The molecule has 0 aliphatic rings. The van der Waals surface area contributed by atoms with Crippen molar-refractivity contribution in [3.8, 4) is 0 Å². The maximum atomic E-state index is 11.9. The summed E-state index contributed by atoms with van der Waals surface area (Å²) in [4.78, 5) is 25.3. The molecule has 0 atom stereocenters. The number of guanidine groups is 1. The molecule has 98 valence electrons. The number of carbonyl (C=O) groups excluding carboxylic acids is 1. The van der Waals surface area contributed by atoms with Crippen molar-refractivity contribution >= 4 is 17.7 Å². The average Bonchev–Trinajstić information content (AvgIpc) is 2.34. The topological polar surface area (TPSA) is 110 Å². The van der Waals surface area contributed by atoms with E-state index in [-0.39, 0.29) is 24.3 Å². The monoisotopic (exact) mass is 250 g/mol. The molecular formula is C11H18N6O. The number of nitrogens with two attached hydrogens (primary N) is 2. The maximum Gasteiger partial charge on any atom is 0.230 e. The van der Waals surface area contributed by atoms with Gasteiger partial charge in [0.25, 0.3) is 0 Å². The van der Waals surface area contributed by atoms with Gasteiger partial charge in [0.15, 0.2) is 5.96 Å². The van der Waals surface area contributed by atoms with Crippen molar-refractivity contribution in [3.05, 3.63) is 18.1 Å². The fraction of sp³-hybridized carbons (Fsp3) is 0.455. The number of aromatic nitrogens is 2. The molecule has 18 heavy (non-hydrogen) atoms. The first-order valence-electron chi connectivity index (χ1n) is 5.55. The molecule has 7 heteroatoms. The van der Waals surface area contributed by atoms with Crippen molar-refractivity contribution in [2.24, 2.45) is 22.4 Å². The summed E-state index contributed by atoms with van der Waals surface area (Å²) in [6.45, 7) is 3.90. The zero-order chi connectivity index (χ0) is 13.7. The van der Waals surface area contributed by atoms with Crippen LogP contribution < -0.4 is 16.4 Å². The van der Waals surface area contributed by atoms with Gasteiger partial charge in [0, 0.05) is 24.7 Å². The predicted octanol–water partition coefficient (Wildman–Crippen LogP) is -0.131. The lowest BCUT2D eigenvalue weighted by Crippen LogP contribution is -2.32. The molecule has 7 nitrogen and oxygen atoms in total. The normalized spacial score (nSPS) is 10.2. The van der Waals surface area contributed by atoms with E-state index < -0.39 is 0 Å². The van der Waals surface area contributed by atoms with E-state index in [0.29, 0.717) is 11.4 Å². The molecule has 0 fully saturated rings. The SMILES string of the molecule is CC(C)C(=O)N(C)c1ncncc1CN=C(N)N. The number of rotatable bonds is 4. The summed E-state index contributed by atoms with van der Waals surface area (Å²) in [6, 6.07) is 0. The smallest absolute Gasteiger partial charge is 0.230 e. The zero-order valence-electron chi connectivity index (χ0n) is 10.8. The van der Waals surface area contributed by atoms with Crippen LogP contribution in [0.5, 0.6) is 0 Å². The number of amides is 1. The average molecular weight is 250 g/mol. The highest BCUT2D eigenvalue weighted by molar-refractivity contribution is 5.93. The lowest BCUT2D eigenvalue weighted by Gasteiger charge is -2.20. The van der Waals surface area contributed by atoms with E-state index in [0.717, 1.165) is 0 Å². The summed E-state index contributed by atoms with van der Waals surface area (Å²) >= 11 is 0. The van der Waals surface area contributed by atoms with Gasteiger partial charge < -0.3 is 11.5 Å². The molecule has 0 aromatic carbocycles. The molecule has 0 aliphatic carbocycles. The van der Waals surface area contributed by atoms with E-state index >= 15 is 0 Å². The van der Waals surface area contributed by atoms with Gasteiger partial charge in [-0.15, -0.1) is 0 Å². The van der Waals surface area contributed by atoms with Gasteiger partial charge in [0.1, 0.15) is 12.1 Å². The highest BCUT2D eigenvalue weighted by Crippen LogP contribution is 2.17. The Hall–Kier alpha value is -2.18. The first-order chi connectivity index (χ1) is 8.43. The van der Waals surface area contributed by atoms with Gasteiger partial charge in [-0.1, -0.05) is 13.8 Å². The highest BCUT2D eigenvalue weighted by Gasteiger charge is 2.18. The van der Waals surface area contributed by atoms with Crippen LogP contribution in [0.25, 0.3) is 0 Å². The van der Waals surface area contributed by atoms with Crippen LogP contribution in [0.1, 0.15) is 19.4 Å². The molecule has 0 saturated heterocycles. The minimum Gasteiger partial charge on any atom is -0.370 e. The Labute approximate surface area is 106 Å². The number of anilines is 1. The molecule has 0 spiro atoms. The Balaban J connectivity index is 3.01. The van der Waals surface area contributed by atoms with E-state index in [1.54, 1.807) is 13.2 Å². The Bertz CT molecular complexity index is 453. The highest BCUT2D eigenvalue weighted by atomic mass is 16.2. The Morgan fingerprint density at radius 3 is 2.72 bits per heavy atom. The van der Waals surface area contributed by atoms with Gasteiger partial charge >= 0.3 is 0 Å². The van der Waals surface area contributed by atoms with Crippen molar-refractivity contribution in [2.45, 2.75) is 20.4 Å². The van der Waals surface area contributed by atoms with Crippen LogP contribution >= 0.6 is 0 Å². The van der Waals surface area contributed by atoms with Gasteiger partial charge in [-0.05, 0) is 0 Å². The first-order valence-corrected chi connectivity index (χ1v) is 5.55. The number of aliphatic imine (C=N–C) groups is 1. The van der Waals surface area contributed by atoms with Crippen molar-refractivity contribution < 1.29 is 4.79 Å². The van der Waals surface area contributed by atoms with Crippen LogP contribution in [0.2, 0.25) is 0 Å². The van der Waals surface area contributed by atoms with Gasteiger partial charge in [-0.2, -0.15) is 0 Å². The van der Waals surface area contributed by atoms with E-state index in [2.05, 4.69) is 15.0 Å². The second kappa shape index (κ2) is 5.95. The third-order valence-corrected chi connectivity index (χ3v) is 2.34. The third-order valence-electron chi connectivity index (χ3n) is 2.34. The van der Waals surface area contributed by atoms with Gasteiger partial charge in [0.2, 0.25) is 5.91 Å². The summed E-state index contributed by atoms with van der Waals surface area (Å²) in [6.07, 6.45) is 2.98. The largest absolute Gasteiger partial charge is 0.370 e. The van der Waals surface area contributed by atoms with Crippen LogP contribution in [0.4, 0.5) is 5.82 Å².